The van der Waals surface area contributed by atoms with Gasteiger partial charge < -0.3 is 24.8 Å². The van der Waals surface area contributed by atoms with Crippen molar-refractivity contribution >= 4 is 6.98 Å². The number of halogens is 3. The maximum Gasteiger partial charge on any atom is -1.00 e. The van der Waals surface area contributed by atoms with Crippen molar-refractivity contribution in [3.8, 4) is 11.1 Å². The van der Waals surface area contributed by atoms with Gasteiger partial charge in [-0.1, -0.05) is 0 Å². The van der Waals surface area contributed by atoms with E-state index in [4.69, 9.17) is 0 Å². The van der Waals surface area contributed by atoms with Gasteiger partial charge in [0.2, 0.25) is 0 Å². The zero-order chi connectivity index (χ0) is 30.1. The fraction of sp³-hybridized carbons (Fsp3) is 0.410. The molecule has 3 aromatic carbocycles. The van der Waals surface area contributed by atoms with Crippen molar-refractivity contribution < 1.29 is 50.5 Å². The van der Waals surface area contributed by atoms with Gasteiger partial charge in [0, 0.05) is 0 Å². The van der Waals surface area contributed by atoms with Crippen LogP contribution in [0.4, 0.5) is 4.39 Å². The van der Waals surface area contributed by atoms with Crippen molar-refractivity contribution in [2.24, 2.45) is 11.3 Å². The van der Waals surface area contributed by atoms with E-state index in [0.29, 0.717) is 5.92 Å². The normalized spacial score (nSPS) is 16.4. The van der Waals surface area contributed by atoms with E-state index in [9.17, 15) is 4.39 Å². The van der Waals surface area contributed by atoms with E-state index in [1.165, 1.54) is 39.0 Å². The molecule has 0 saturated carbocycles. The van der Waals surface area contributed by atoms with Crippen LogP contribution in [0.1, 0.15) is 104 Å². The van der Waals surface area contributed by atoms with Gasteiger partial charge in [0.15, 0.2) is 0 Å². The fourth-order valence-corrected chi connectivity index (χ4v) is 15.5. The Hall–Kier alpha value is -1.60. The van der Waals surface area contributed by atoms with Gasteiger partial charge in [0.1, 0.15) is 0 Å². The van der Waals surface area contributed by atoms with Crippen LogP contribution in [0, 0.1) is 17.2 Å². The smallest absolute Gasteiger partial charge is 1.00 e. The Labute approximate surface area is 280 Å². The Morgan fingerprint density at radius 2 is 1.37 bits per heavy atom. The van der Waals surface area contributed by atoms with Crippen molar-refractivity contribution in [1.29, 1.82) is 0 Å². The summed E-state index contributed by atoms with van der Waals surface area (Å²) in [6.45, 7) is 25.8. The largest absolute Gasteiger partial charge is 1.00 e. The Kier molecular flexibility index (Phi) is 10.6. The summed E-state index contributed by atoms with van der Waals surface area (Å²) < 4.78 is 19.9. The van der Waals surface area contributed by atoms with Crippen LogP contribution in [0.2, 0.25) is 0 Å². The third-order valence-corrected chi connectivity index (χ3v) is 16.7. The van der Waals surface area contributed by atoms with Gasteiger partial charge in [-0.2, -0.15) is 0 Å². The van der Waals surface area contributed by atoms with Crippen LogP contribution in [0.15, 0.2) is 75.1 Å². The SMILES string of the molecule is CC1=[C](/[Zr+2](=[CH]/c2ccc(F)cc2)[c]2c(C(C)(C)C)ccc3c2Cc2cc(C(C)(C)C)ccc2-3)C(C)C=C1C(C)(C)C.[Cl-].[Cl-]. The molecule has 0 aliphatic heterocycles. The summed E-state index contributed by atoms with van der Waals surface area (Å²) in [5.41, 5.74) is 13.1. The fourth-order valence-electron chi connectivity index (χ4n) is 6.89. The molecule has 0 bridgehead atoms. The first-order chi connectivity index (χ1) is 19.0. The summed E-state index contributed by atoms with van der Waals surface area (Å²) in [6, 6.07) is 19.2. The summed E-state index contributed by atoms with van der Waals surface area (Å²) >= 11 is -2.72. The molecule has 0 fully saturated rings. The first-order valence-electron chi connectivity index (χ1n) is 15.2. The molecule has 2 aliphatic carbocycles. The number of rotatable bonds is 3. The first-order valence-corrected chi connectivity index (χ1v) is 19.1. The molecule has 4 heteroatoms. The van der Waals surface area contributed by atoms with Crippen LogP contribution >= 0.6 is 0 Å². The molecule has 0 heterocycles. The van der Waals surface area contributed by atoms with Gasteiger partial charge in [0.05, 0.1) is 0 Å². The van der Waals surface area contributed by atoms with Gasteiger partial charge in [-0.3, -0.25) is 0 Å². The Morgan fingerprint density at radius 3 is 1.91 bits per heavy atom. The van der Waals surface area contributed by atoms with Crippen molar-refractivity contribution in [1.82, 2.24) is 0 Å². The summed E-state index contributed by atoms with van der Waals surface area (Å²) in [5.74, 6) is 0.241. The maximum atomic E-state index is 14.0. The second-order valence-corrected chi connectivity index (χ2v) is 20.6. The molecule has 1 atom stereocenters. The van der Waals surface area contributed by atoms with Crippen molar-refractivity contribution in [2.45, 2.75) is 93.4 Å². The van der Waals surface area contributed by atoms with Gasteiger partial charge in [-0.25, -0.2) is 0 Å². The summed E-state index contributed by atoms with van der Waals surface area (Å²) in [4.78, 5) is 0. The molecule has 0 saturated heterocycles. The molecule has 0 amide bonds. The second-order valence-electron chi connectivity index (χ2n) is 15.3. The predicted octanol–water partition coefficient (Wildman–Crippen LogP) is 3.99. The first kappa shape index (κ1) is 35.9. The molecule has 3 aromatic rings. The third-order valence-electron chi connectivity index (χ3n) is 8.98. The minimum Gasteiger partial charge on any atom is -1.00 e. The maximum absolute atomic E-state index is 14.0. The van der Waals surface area contributed by atoms with Crippen LogP contribution in [0.3, 0.4) is 0 Å². The summed E-state index contributed by atoms with van der Waals surface area (Å²) in [7, 11) is 0. The molecule has 2 aliphatic rings. The van der Waals surface area contributed by atoms with Crippen LogP contribution in [0.5, 0.6) is 0 Å². The van der Waals surface area contributed by atoms with E-state index in [2.05, 4.69) is 116 Å². The Balaban J connectivity index is 0.00000253. The minimum atomic E-state index is -2.72. The molecule has 228 valence electrons. The van der Waals surface area contributed by atoms with Crippen LogP contribution < -0.4 is 28.1 Å². The Morgan fingerprint density at radius 1 is 0.767 bits per heavy atom. The molecule has 0 aromatic heterocycles. The van der Waals surface area contributed by atoms with Crippen LogP contribution in [-0.2, 0) is 38.5 Å². The topological polar surface area (TPSA) is 0 Å². The quantitative estimate of drug-likeness (QED) is 0.304. The molecular formula is C39H47Cl2FZr. The molecule has 0 spiro atoms. The van der Waals surface area contributed by atoms with Crippen LogP contribution in [-0.4, -0.2) is 3.71 Å². The number of benzene rings is 3. The zero-order valence-corrected chi connectivity index (χ0v) is 31.7. The zero-order valence-electron chi connectivity index (χ0n) is 27.8. The number of allylic oxidation sites excluding steroid dienone is 4. The molecule has 43 heavy (non-hydrogen) atoms. The summed E-state index contributed by atoms with van der Waals surface area (Å²) in [5, 5.41) is 0. The average molecular weight is 697 g/mol. The summed E-state index contributed by atoms with van der Waals surface area (Å²) in [6.07, 6.45) is 3.53. The van der Waals surface area contributed by atoms with E-state index in [0.717, 1.165) is 12.0 Å². The standard InChI is InChI=1S/C21H25.C11H17.C7H5F.2ClH.Zr/c1-20(2,3)16-7-9-18-14(12-16)11-15-13-17(21(4,5)6)8-10-19(15)18;1-8-6-9(2)10(7-8)11(3,4)5;1-6-2-4-7(8)5-3-6;;;/h7-10,12H,11H2,1-6H3;7-8H,1-5H3;1-5H;2*1H;/q;;;;;+2/p-2. The number of hydrogen-bond donors (Lipinski definition) is 0. The average Bonchev–Trinajstić information content (AvgIpc) is 3.38. The van der Waals surface area contributed by atoms with E-state index in [1.807, 2.05) is 12.1 Å². The van der Waals surface area contributed by atoms with Crippen molar-refractivity contribution in [3.63, 3.8) is 0 Å². The molecule has 0 nitrogen and oxygen atoms in total. The van der Waals surface area contributed by atoms with Gasteiger partial charge >= 0.3 is 257 Å². The van der Waals surface area contributed by atoms with Crippen molar-refractivity contribution in [3.05, 3.63) is 109 Å². The molecule has 1 unspecified atom stereocenters. The number of fused-ring (bicyclic) bond motifs is 3. The van der Waals surface area contributed by atoms with Gasteiger partial charge in [-0.05, 0) is 0 Å². The van der Waals surface area contributed by atoms with E-state index in [1.54, 1.807) is 24.2 Å². The predicted molar refractivity (Wildman–Crippen MR) is 173 cm³/mol. The molecule has 5 rings (SSSR count). The number of hydrogen-bond acceptors (Lipinski definition) is 0. The van der Waals surface area contributed by atoms with E-state index >= 15 is 0 Å². The van der Waals surface area contributed by atoms with Crippen molar-refractivity contribution in [2.75, 3.05) is 0 Å². The monoisotopic (exact) mass is 694 g/mol. The second kappa shape index (κ2) is 12.7. The van der Waals surface area contributed by atoms with E-state index < -0.39 is 21.3 Å². The van der Waals surface area contributed by atoms with Gasteiger partial charge in [0.25, 0.3) is 0 Å². The molecule has 0 radical (unpaired) electrons. The molecular weight excluding hydrogens is 650 g/mol. The third kappa shape index (κ3) is 6.98. The minimum absolute atomic E-state index is 0. The van der Waals surface area contributed by atoms with E-state index in [-0.39, 0.29) is 46.9 Å². The molecule has 0 N–H and O–H groups in total. The van der Waals surface area contributed by atoms with Crippen LogP contribution in [0.25, 0.3) is 11.1 Å². The Bertz CT molecular complexity index is 1620. The van der Waals surface area contributed by atoms with Gasteiger partial charge in [-0.15, -0.1) is 0 Å².